The van der Waals surface area contributed by atoms with E-state index < -0.39 is 0 Å². The van der Waals surface area contributed by atoms with Gasteiger partial charge in [0.2, 0.25) is 0 Å². The van der Waals surface area contributed by atoms with E-state index in [-0.39, 0.29) is 0 Å². The topological polar surface area (TPSA) is 45.5 Å². The molecule has 0 amide bonds. The Labute approximate surface area is 167 Å². The number of aliphatic imine (C=N–C) groups is 1. The summed E-state index contributed by atoms with van der Waals surface area (Å²) in [6, 6.07) is 19.1. The average molecular weight is 376 g/mol. The molecule has 1 unspecified atom stereocenters. The predicted molar refractivity (Wildman–Crippen MR) is 116 cm³/mol. The van der Waals surface area contributed by atoms with Crippen molar-refractivity contribution in [3.63, 3.8) is 0 Å². The van der Waals surface area contributed by atoms with Crippen LogP contribution in [0.4, 0.5) is 0 Å². The van der Waals surface area contributed by atoms with Crippen LogP contribution in [-0.4, -0.2) is 47.1 Å². The van der Waals surface area contributed by atoms with Gasteiger partial charge in [0.15, 0.2) is 5.96 Å². The summed E-state index contributed by atoms with van der Waals surface area (Å²) in [4.78, 5) is 11.4. The molecule has 2 aromatic carbocycles. The highest BCUT2D eigenvalue weighted by molar-refractivity contribution is 5.80. The number of likely N-dealkylation sites (tertiary alicyclic amines) is 1. The highest BCUT2D eigenvalue weighted by atomic mass is 15.3. The monoisotopic (exact) mass is 375 g/mol. The number of fused-ring (bicyclic) bond motifs is 1. The minimum Gasteiger partial charge on any atom is -0.356 e. The van der Waals surface area contributed by atoms with Gasteiger partial charge in [-0.05, 0) is 42.9 Å². The number of imidazole rings is 1. The van der Waals surface area contributed by atoms with E-state index in [0.717, 1.165) is 50.5 Å². The van der Waals surface area contributed by atoms with Gasteiger partial charge in [-0.2, -0.15) is 0 Å². The molecule has 5 heteroatoms. The van der Waals surface area contributed by atoms with Crippen LogP contribution in [0.3, 0.4) is 0 Å². The molecular weight excluding hydrogens is 346 g/mol. The van der Waals surface area contributed by atoms with Crippen LogP contribution in [0.1, 0.15) is 18.4 Å². The van der Waals surface area contributed by atoms with Crippen LogP contribution < -0.4 is 5.32 Å². The van der Waals surface area contributed by atoms with Crippen LogP contribution in [-0.2, 0) is 13.0 Å². The van der Waals surface area contributed by atoms with Crippen molar-refractivity contribution in [2.24, 2.45) is 10.9 Å². The van der Waals surface area contributed by atoms with Gasteiger partial charge in [0.05, 0.1) is 17.4 Å². The van der Waals surface area contributed by atoms with Crippen LogP contribution in [0.5, 0.6) is 0 Å². The van der Waals surface area contributed by atoms with E-state index in [1.807, 2.05) is 19.4 Å². The normalized spacial score (nSPS) is 17.4. The van der Waals surface area contributed by atoms with E-state index in [4.69, 9.17) is 0 Å². The van der Waals surface area contributed by atoms with Crippen molar-refractivity contribution in [3.8, 4) is 0 Å². The van der Waals surface area contributed by atoms with Crippen LogP contribution in [0.2, 0.25) is 0 Å². The third-order valence-corrected chi connectivity index (χ3v) is 5.55. The third kappa shape index (κ3) is 4.35. The number of guanidine groups is 1. The van der Waals surface area contributed by atoms with Gasteiger partial charge in [-0.3, -0.25) is 4.99 Å². The first kappa shape index (κ1) is 18.5. The number of para-hydroxylation sites is 2. The van der Waals surface area contributed by atoms with Crippen molar-refractivity contribution in [1.82, 2.24) is 19.8 Å². The molecule has 1 aliphatic rings. The SMILES string of the molecule is CN=C(NCCCn1cnc2ccccc21)N1CCC(Cc2ccccc2)C1. The lowest BCUT2D eigenvalue weighted by Gasteiger charge is -2.22. The van der Waals surface area contributed by atoms with Gasteiger partial charge in [-0.25, -0.2) is 4.98 Å². The average Bonchev–Trinajstić information content (AvgIpc) is 3.36. The zero-order valence-corrected chi connectivity index (χ0v) is 16.6. The van der Waals surface area contributed by atoms with Crippen molar-refractivity contribution >= 4 is 17.0 Å². The maximum atomic E-state index is 4.51. The maximum Gasteiger partial charge on any atom is 0.193 e. The third-order valence-electron chi connectivity index (χ3n) is 5.55. The van der Waals surface area contributed by atoms with Gasteiger partial charge in [0.25, 0.3) is 0 Å². The van der Waals surface area contributed by atoms with E-state index in [9.17, 15) is 0 Å². The number of nitrogens with one attached hydrogen (secondary N) is 1. The molecule has 1 fully saturated rings. The molecule has 0 aliphatic carbocycles. The zero-order valence-electron chi connectivity index (χ0n) is 16.6. The first-order valence-electron chi connectivity index (χ1n) is 10.2. The lowest BCUT2D eigenvalue weighted by atomic mass is 9.99. The second kappa shape index (κ2) is 8.91. The molecule has 28 heavy (non-hydrogen) atoms. The van der Waals surface area contributed by atoms with E-state index in [1.165, 1.54) is 17.5 Å². The molecule has 3 aromatic rings. The predicted octanol–water partition coefficient (Wildman–Crippen LogP) is 3.57. The molecule has 1 aliphatic heterocycles. The van der Waals surface area contributed by atoms with E-state index in [1.54, 1.807) is 0 Å². The van der Waals surface area contributed by atoms with Crippen LogP contribution in [0.25, 0.3) is 11.0 Å². The Balaban J connectivity index is 1.24. The quantitative estimate of drug-likeness (QED) is 0.407. The number of hydrogen-bond donors (Lipinski definition) is 1. The molecular formula is C23H29N5. The molecule has 1 aromatic heterocycles. The van der Waals surface area contributed by atoms with Crippen molar-refractivity contribution < 1.29 is 0 Å². The second-order valence-electron chi connectivity index (χ2n) is 7.54. The van der Waals surface area contributed by atoms with Crippen molar-refractivity contribution in [1.29, 1.82) is 0 Å². The summed E-state index contributed by atoms with van der Waals surface area (Å²) in [5, 5.41) is 3.55. The summed E-state index contributed by atoms with van der Waals surface area (Å²) in [7, 11) is 1.89. The molecule has 5 nitrogen and oxygen atoms in total. The van der Waals surface area contributed by atoms with Gasteiger partial charge in [0.1, 0.15) is 0 Å². The number of rotatable bonds is 6. The summed E-state index contributed by atoms with van der Waals surface area (Å²) in [5.41, 5.74) is 3.70. The Kier molecular flexibility index (Phi) is 5.90. The lowest BCUT2D eigenvalue weighted by molar-refractivity contribution is 0.458. The van der Waals surface area contributed by atoms with Gasteiger partial charge in [-0.15, -0.1) is 0 Å². The summed E-state index contributed by atoms with van der Waals surface area (Å²) >= 11 is 0. The highest BCUT2D eigenvalue weighted by Gasteiger charge is 2.24. The Hall–Kier alpha value is -2.82. The fraction of sp³-hybridized carbons (Fsp3) is 0.391. The summed E-state index contributed by atoms with van der Waals surface area (Å²) in [5.74, 6) is 1.74. The lowest BCUT2D eigenvalue weighted by Crippen LogP contribution is -2.40. The van der Waals surface area contributed by atoms with E-state index in [2.05, 4.69) is 73.3 Å². The molecule has 0 radical (unpaired) electrons. The largest absolute Gasteiger partial charge is 0.356 e. The second-order valence-corrected chi connectivity index (χ2v) is 7.54. The first-order valence-corrected chi connectivity index (χ1v) is 10.2. The number of aryl methyl sites for hydroxylation is 1. The Morgan fingerprint density at radius 3 is 2.82 bits per heavy atom. The molecule has 1 atom stereocenters. The first-order chi connectivity index (χ1) is 13.8. The maximum absolute atomic E-state index is 4.51. The minimum atomic E-state index is 0.707. The minimum absolute atomic E-state index is 0.707. The van der Waals surface area contributed by atoms with Crippen molar-refractivity contribution in [3.05, 3.63) is 66.5 Å². The zero-order chi connectivity index (χ0) is 19.2. The molecule has 0 bridgehead atoms. The molecule has 2 heterocycles. The van der Waals surface area contributed by atoms with Gasteiger partial charge in [-0.1, -0.05) is 42.5 Å². The summed E-state index contributed by atoms with van der Waals surface area (Å²) in [6.45, 7) is 4.05. The van der Waals surface area contributed by atoms with E-state index in [0.29, 0.717) is 5.92 Å². The number of nitrogens with zero attached hydrogens (tertiary/aromatic N) is 4. The van der Waals surface area contributed by atoms with Crippen LogP contribution in [0.15, 0.2) is 65.9 Å². The fourth-order valence-corrected chi connectivity index (χ4v) is 4.11. The van der Waals surface area contributed by atoms with E-state index >= 15 is 0 Å². The summed E-state index contributed by atoms with van der Waals surface area (Å²) in [6.07, 6.45) is 5.37. The number of hydrogen-bond acceptors (Lipinski definition) is 2. The van der Waals surface area contributed by atoms with Crippen LogP contribution in [0, 0.1) is 5.92 Å². The van der Waals surface area contributed by atoms with Crippen molar-refractivity contribution in [2.75, 3.05) is 26.7 Å². The molecule has 1 saturated heterocycles. The highest BCUT2D eigenvalue weighted by Crippen LogP contribution is 2.21. The molecule has 0 spiro atoms. The van der Waals surface area contributed by atoms with Gasteiger partial charge >= 0.3 is 0 Å². The van der Waals surface area contributed by atoms with Crippen LogP contribution >= 0.6 is 0 Å². The Morgan fingerprint density at radius 1 is 1.14 bits per heavy atom. The smallest absolute Gasteiger partial charge is 0.193 e. The molecule has 146 valence electrons. The molecule has 0 saturated carbocycles. The van der Waals surface area contributed by atoms with Crippen molar-refractivity contribution in [2.45, 2.75) is 25.8 Å². The van der Waals surface area contributed by atoms with Gasteiger partial charge in [0, 0.05) is 33.2 Å². The Morgan fingerprint density at radius 2 is 1.96 bits per heavy atom. The molecule has 4 rings (SSSR count). The molecule has 1 N–H and O–H groups in total. The fourth-order valence-electron chi connectivity index (χ4n) is 4.11. The summed E-state index contributed by atoms with van der Waals surface area (Å²) < 4.78 is 2.23. The number of aromatic nitrogens is 2. The standard InChI is InChI=1S/C23H29N5/c1-24-23(27-15-12-20(17-27)16-19-8-3-2-4-9-19)25-13-7-14-28-18-26-21-10-5-6-11-22(21)28/h2-6,8-11,18,20H,7,12-17H2,1H3,(H,24,25). The number of benzene rings is 2. The van der Waals surface area contributed by atoms with Gasteiger partial charge < -0.3 is 14.8 Å². The Bertz CT molecular complexity index is 915.